The first kappa shape index (κ1) is 30.6. The molecule has 16 heteroatoms. The number of amides is 1. The number of H-pyrrole nitrogens is 1. The van der Waals surface area contributed by atoms with Gasteiger partial charge in [-0.2, -0.15) is 0 Å². The average Bonchev–Trinajstić information content (AvgIpc) is 3.54. The first-order valence-electron chi connectivity index (χ1n) is 11.7. The van der Waals surface area contributed by atoms with Crippen molar-refractivity contribution >= 4 is 77.5 Å². The van der Waals surface area contributed by atoms with E-state index in [1.54, 1.807) is 27.0 Å². The lowest BCUT2D eigenvalue weighted by atomic mass is 10.0. The van der Waals surface area contributed by atoms with Crippen LogP contribution >= 0.6 is 39.0 Å². The van der Waals surface area contributed by atoms with E-state index in [-0.39, 0.29) is 43.7 Å². The lowest BCUT2D eigenvalue weighted by Crippen LogP contribution is -2.36. The van der Waals surface area contributed by atoms with Gasteiger partial charge in [-0.15, -0.1) is 23.1 Å². The van der Waals surface area contributed by atoms with E-state index >= 15 is 0 Å². The molecule has 0 fully saturated rings. The number of nitro groups is 1. The predicted octanol–water partition coefficient (Wildman–Crippen LogP) is 6.43. The smallest absolute Gasteiger partial charge is 0.413 e. The molecule has 4 aromatic rings. The molecule has 1 amide bonds. The van der Waals surface area contributed by atoms with Crippen molar-refractivity contribution in [3.8, 4) is 0 Å². The SMILES string of the molecule is CSc1sc(C(=N)NC(=O)OC(C)(C)C)cc1S(=O)(=O)c1cc(Br)c2nc[nH]c2c1Cc1cc([N+](=O)[O-])ccc1F. The van der Waals surface area contributed by atoms with Crippen LogP contribution in [0, 0.1) is 21.3 Å². The van der Waals surface area contributed by atoms with Gasteiger partial charge in [0.1, 0.15) is 22.8 Å². The van der Waals surface area contributed by atoms with Crippen LogP contribution in [0.4, 0.5) is 14.9 Å². The summed E-state index contributed by atoms with van der Waals surface area (Å²) in [5.41, 5.74) is -0.359. The third-order valence-corrected chi connectivity index (χ3v) is 10.6. The molecule has 2 aromatic carbocycles. The second-order valence-electron chi connectivity index (χ2n) is 9.64. The summed E-state index contributed by atoms with van der Waals surface area (Å²) in [6.45, 7) is 5.01. The van der Waals surface area contributed by atoms with Gasteiger partial charge in [-0.05, 0) is 66.7 Å². The molecule has 3 N–H and O–H groups in total. The molecule has 0 aliphatic heterocycles. The minimum absolute atomic E-state index is 0.0756. The highest BCUT2D eigenvalue weighted by Crippen LogP contribution is 2.41. The Hall–Kier alpha value is -3.34. The molecule has 2 heterocycles. The molecule has 4 rings (SSSR count). The van der Waals surface area contributed by atoms with Crippen molar-refractivity contribution in [3.63, 3.8) is 0 Å². The van der Waals surface area contributed by atoms with Crippen LogP contribution in [0.3, 0.4) is 0 Å². The summed E-state index contributed by atoms with van der Waals surface area (Å²) < 4.78 is 49.1. The molecule has 0 unspecified atom stereocenters. The summed E-state index contributed by atoms with van der Waals surface area (Å²) in [7, 11) is -4.32. The Morgan fingerprint density at radius 1 is 1.29 bits per heavy atom. The standard InChI is InChI=1S/C25H23BrFN5O6S3/c1-25(2,3)38-24(33)31-22(28)17-10-19(23(39-4)40-17)41(36,37)18-9-15(26)21-20(29-11-30-21)14(18)8-12-7-13(32(34)35)5-6-16(12)27/h5-7,9-11H,8H2,1-4H3,(H,29,30)(H2,28,31,33). The second kappa shape index (κ2) is 11.5. The number of hydrogen-bond acceptors (Lipinski definition) is 10. The highest BCUT2D eigenvalue weighted by Gasteiger charge is 2.31. The van der Waals surface area contributed by atoms with Gasteiger partial charge < -0.3 is 9.72 Å². The minimum Gasteiger partial charge on any atom is -0.444 e. The maximum Gasteiger partial charge on any atom is 0.413 e. The van der Waals surface area contributed by atoms with Gasteiger partial charge in [0.05, 0.1) is 35.6 Å². The van der Waals surface area contributed by atoms with Gasteiger partial charge in [-0.25, -0.2) is 22.6 Å². The van der Waals surface area contributed by atoms with Crippen molar-refractivity contribution < 1.29 is 27.3 Å². The van der Waals surface area contributed by atoms with Gasteiger partial charge in [0.25, 0.3) is 5.69 Å². The lowest BCUT2D eigenvalue weighted by molar-refractivity contribution is -0.385. The molecule has 216 valence electrons. The Morgan fingerprint density at radius 2 is 2.00 bits per heavy atom. The number of hydrogen-bond donors (Lipinski definition) is 3. The summed E-state index contributed by atoms with van der Waals surface area (Å²) in [5.74, 6) is -1.08. The quantitative estimate of drug-likeness (QED) is 0.0658. The number of aromatic nitrogens is 2. The summed E-state index contributed by atoms with van der Waals surface area (Å²) in [5, 5.41) is 22.0. The van der Waals surface area contributed by atoms with Crippen LogP contribution < -0.4 is 5.32 Å². The van der Waals surface area contributed by atoms with Crippen molar-refractivity contribution in [3.05, 3.63) is 73.1 Å². The molecule has 41 heavy (non-hydrogen) atoms. The predicted molar refractivity (Wildman–Crippen MR) is 157 cm³/mol. The monoisotopic (exact) mass is 683 g/mol. The van der Waals surface area contributed by atoms with E-state index in [1.807, 2.05) is 0 Å². The normalized spacial score (nSPS) is 12.0. The fourth-order valence-corrected chi connectivity index (χ4v) is 8.75. The molecule has 0 atom stereocenters. The molecule has 0 spiro atoms. The third-order valence-electron chi connectivity index (χ3n) is 5.63. The Labute approximate surface area is 250 Å². The van der Waals surface area contributed by atoms with Gasteiger partial charge in [-0.3, -0.25) is 20.8 Å². The molecule has 0 radical (unpaired) electrons. The summed E-state index contributed by atoms with van der Waals surface area (Å²) in [4.78, 5) is 29.8. The zero-order valence-corrected chi connectivity index (χ0v) is 26.0. The molecule has 0 saturated heterocycles. The Balaban J connectivity index is 1.83. The van der Waals surface area contributed by atoms with Gasteiger partial charge in [0.15, 0.2) is 0 Å². The third kappa shape index (κ3) is 6.45. The molecule has 0 saturated carbocycles. The molecular formula is C25H23BrFN5O6S3. The van der Waals surface area contributed by atoms with Gasteiger partial charge in [0.2, 0.25) is 9.84 Å². The number of thiophene rings is 1. The molecule has 0 aliphatic rings. The van der Waals surface area contributed by atoms with E-state index in [0.29, 0.717) is 19.7 Å². The molecule has 0 aliphatic carbocycles. The van der Waals surface area contributed by atoms with Crippen molar-refractivity contribution in [2.24, 2.45) is 0 Å². The number of benzene rings is 2. The largest absolute Gasteiger partial charge is 0.444 e. The van der Waals surface area contributed by atoms with Gasteiger partial charge in [-0.1, -0.05) is 0 Å². The summed E-state index contributed by atoms with van der Waals surface area (Å²) in [6.07, 6.45) is 1.88. The first-order valence-corrected chi connectivity index (χ1v) is 16.0. The van der Waals surface area contributed by atoms with Crippen molar-refractivity contribution in [2.75, 3.05) is 6.26 Å². The maximum absolute atomic E-state index is 14.8. The number of imidazole rings is 1. The van der Waals surface area contributed by atoms with Crippen LogP contribution in [-0.4, -0.2) is 47.1 Å². The highest BCUT2D eigenvalue weighted by atomic mass is 79.9. The number of non-ortho nitro benzene ring substituents is 1. The van der Waals surface area contributed by atoms with E-state index in [1.165, 1.54) is 18.5 Å². The summed E-state index contributed by atoms with van der Waals surface area (Å²) in [6, 6.07) is 5.70. The van der Waals surface area contributed by atoms with E-state index in [9.17, 15) is 27.7 Å². The van der Waals surface area contributed by atoms with E-state index < -0.39 is 32.3 Å². The molecule has 0 bridgehead atoms. The number of nitrogens with zero attached hydrogens (tertiary/aromatic N) is 2. The number of ether oxygens (including phenoxy) is 1. The fraction of sp³-hybridized carbons (Fsp3) is 0.240. The maximum atomic E-state index is 14.8. The van der Waals surface area contributed by atoms with Crippen molar-refractivity contribution in [2.45, 2.75) is 46.8 Å². The Bertz CT molecular complexity index is 1810. The number of carbonyl (C=O) groups excluding carboxylic acids is 1. The fourth-order valence-electron chi connectivity index (χ4n) is 3.91. The lowest BCUT2D eigenvalue weighted by Gasteiger charge is -2.19. The van der Waals surface area contributed by atoms with E-state index in [0.717, 1.165) is 41.3 Å². The first-order chi connectivity index (χ1) is 19.1. The van der Waals surface area contributed by atoms with Crippen LogP contribution in [0.1, 0.15) is 36.8 Å². The van der Waals surface area contributed by atoms with E-state index in [2.05, 4.69) is 31.2 Å². The van der Waals surface area contributed by atoms with Crippen molar-refractivity contribution in [1.82, 2.24) is 15.3 Å². The zero-order chi connectivity index (χ0) is 30.3. The number of nitro benzene ring substituents is 1. The molecule has 11 nitrogen and oxygen atoms in total. The number of carbonyl (C=O) groups is 1. The number of aromatic amines is 1. The van der Waals surface area contributed by atoms with Crippen molar-refractivity contribution in [1.29, 1.82) is 5.41 Å². The van der Waals surface area contributed by atoms with Crippen LogP contribution in [-0.2, 0) is 21.0 Å². The number of fused-ring (bicyclic) bond motifs is 1. The number of halogens is 2. The van der Waals surface area contributed by atoms with Crippen LogP contribution in [0.5, 0.6) is 0 Å². The number of alkyl carbamates (subject to hydrolysis) is 1. The number of thioether (sulfide) groups is 1. The van der Waals surface area contributed by atoms with Gasteiger partial charge in [0, 0.05) is 28.6 Å². The number of amidine groups is 1. The number of rotatable bonds is 7. The molecule has 2 aromatic heterocycles. The van der Waals surface area contributed by atoms with E-state index in [4.69, 9.17) is 10.1 Å². The van der Waals surface area contributed by atoms with Gasteiger partial charge >= 0.3 is 6.09 Å². The Kier molecular flexibility index (Phi) is 8.59. The topological polar surface area (TPSA) is 168 Å². The number of sulfone groups is 1. The highest BCUT2D eigenvalue weighted by molar-refractivity contribution is 9.10. The Morgan fingerprint density at radius 3 is 2.63 bits per heavy atom. The van der Waals surface area contributed by atoms with Crippen LogP contribution in [0.25, 0.3) is 11.0 Å². The van der Waals surface area contributed by atoms with Crippen LogP contribution in [0.2, 0.25) is 0 Å². The summed E-state index contributed by atoms with van der Waals surface area (Å²) >= 11 is 5.50. The second-order valence-corrected chi connectivity index (χ2v) is 14.5. The minimum atomic E-state index is -4.32. The zero-order valence-electron chi connectivity index (χ0n) is 22.0. The average molecular weight is 685 g/mol. The molecular weight excluding hydrogens is 661 g/mol. The van der Waals surface area contributed by atoms with Crippen LogP contribution in [0.15, 0.2) is 55.1 Å². The number of nitrogens with one attached hydrogen (secondary N) is 3.